The lowest BCUT2D eigenvalue weighted by molar-refractivity contribution is 0.0477. The minimum Gasteiger partial charge on any atom is -0.379 e. The van der Waals surface area contributed by atoms with Crippen LogP contribution in [0, 0.1) is 6.42 Å². The van der Waals surface area contributed by atoms with Gasteiger partial charge in [-0.3, -0.25) is 0 Å². The number of unbranched alkanes of at least 4 members (excludes halogenated alkanes) is 2. The molecule has 0 fully saturated rings. The first-order valence-electron chi connectivity index (χ1n) is 4.85. The van der Waals surface area contributed by atoms with Gasteiger partial charge in [0.15, 0.2) is 0 Å². The molecule has 0 heterocycles. The quantitative estimate of drug-likeness (QED) is 0.499. The van der Waals surface area contributed by atoms with Gasteiger partial charge in [-0.1, -0.05) is 20.3 Å². The molecular weight excluding hydrogens is 152 g/mol. The van der Waals surface area contributed by atoms with Gasteiger partial charge >= 0.3 is 0 Å². The number of hydrogen-bond donors (Lipinski definition) is 0. The third kappa shape index (κ3) is 9.92. The second-order valence-electron chi connectivity index (χ2n) is 2.78. The maximum absolute atomic E-state index is 5.32. The van der Waals surface area contributed by atoms with Crippen molar-refractivity contribution in [3.63, 3.8) is 0 Å². The molecule has 0 aromatic heterocycles. The first-order chi connectivity index (χ1) is 5.91. The van der Waals surface area contributed by atoms with Gasteiger partial charge < -0.3 is 9.47 Å². The van der Waals surface area contributed by atoms with E-state index >= 15 is 0 Å². The second-order valence-corrected chi connectivity index (χ2v) is 2.78. The summed E-state index contributed by atoms with van der Waals surface area (Å²) < 4.78 is 10.6. The summed E-state index contributed by atoms with van der Waals surface area (Å²) in [7, 11) is 0. The Bertz CT molecular complexity index is 64.2. The van der Waals surface area contributed by atoms with Crippen molar-refractivity contribution in [2.24, 2.45) is 0 Å². The highest BCUT2D eigenvalue weighted by atomic mass is 16.5. The van der Waals surface area contributed by atoms with Crippen molar-refractivity contribution in [3.05, 3.63) is 6.42 Å². The maximum atomic E-state index is 5.32. The Balaban J connectivity index is 2.73. The highest BCUT2D eigenvalue weighted by Crippen LogP contribution is 1.89. The molecule has 0 aliphatic heterocycles. The molecule has 2 heteroatoms. The van der Waals surface area contributed by atoms with Gasteiger partial charge in [-0.05, 0) is 19.3 Å². The van der Waals surface area contributed by atoms with E-state index in [9.17, 15) is 0 Å². The molecule has 0 aliphatic carbocycles. The molecule has 0 spiro atoms. The summed E-state index contributed by atoms with van der Waals surface area (Å²) in [5.74, 6) is 0. The largest absolute Gasteiger partial charge is 0.379 e. The smallest absolute Gasteiger partial charge is 0.0700 e. The highest BCUT2D eigenvalue weighted by molar-refractivity contribution is 4.52. The zero-order chi connectivity index (χ0) is 9.07. The fraction of sp³-hybridized carbons (Fsp3) is 0.900. The molecule has 2 nitrogen and oxygen atoms in total. The molecule has 12 heavy (non-hydrogen) atoms. The van der Waals surface area contributed by atoms with Gasteiger partial charge in [-0.15, -0.1) is 0 Å². The minimum absolute atomic E-state index is 0.734. The van der Waals surface area contributed by atoms with Crippen LogP contribution < -0.4 is 0 Å². The number of hydrogen-bond acceptors (Lipinski definition) is 2. The van der Waals surface area contributed by atoms with Crippen LogP contribution in [0.2, 0.25) is 0 Å². The fourth-order valence-electron chi connectivity index (χ4n) is 0.770. The van der Waals surface area contributed by atoms with Crippen molar-refractivity contribution in [1.29, 1.82) is 0 Å². The fourth-order valence-corrected chi connectivity index (χ4v) is 0.770. The van der Waals surface area contributed by atoms with Crippen LogP contribution in [0.3, 0.4) is 0 Å². The van der Waals surface area contributed by atoms with Crippen LogP contribution in [-0.2, 0) is 9.47 Å². The molecule has 0 saturated heterocycles. The standard InChI is InChI=1S/C10H21O2/c1-3-5-7-11-9-10-12-8-6-4-2/h3H,4-10H2,1-2H3. The summed E-state index contributed by atoms with van der Waals surface area (Å²) in [5.41, 5.74) is 0. The predicted octanol–water partition coefficient (Wildman–Crippen LogP) is 2.43. The van der Waals surface area contributed by atoms with Crippen molar-refractivity contribution in [3.8, 4) is 0 Å². The van der Waals surface area contributed by atoms with Gasteiger partial charge in [0.2, 0.25) is 0 Å². The summed E-state index contributed by atoms with van der Waals surface area (Å²) in [6.07, 6.45) is 5.50. The topological polar surface area (TPSA) is 18.5 Å². The van der Waals surface area contributed by atoms with Crippen LogP contribution in [0.4, 0.5) is 0 Å². The summed E-state index contributed by atoms with van der Waals surface area (Å²) in [6.45, 7) is 7.38. The first kappa shape index (κ1) is 11.9. The average Bonchev–Trinajstić information content (AvgIpc) is 2.10. The van der Waals surface area contributed by atoms with Crippen LogP contribution >= 0.6 is 0 Å². The van der Waals surface area contributed by atoms with Crippen LogP contribution in [-0.4, -0.2) is 26.4 Å². The molecule has 0 amide bonds. The van der Waals surface area contributed by atoms with Gasteiger partial charge in [-0.2, -0.15) is 0 Å². The van der Waals surface area contributed by atoms with E-state index in [4.69, 9.17) is 9.47 Å². The second kappa shape index (κ2) is 10.9. The lowest BCUT2D eigenvalue weighted by atomic mass is 10.4. The summed E-state index contributed by atoms with van der Waals surface area (Å²) >= 11 is 0. The lowest BCUT2D eigenvalue weighted by Gasteiger charge is -2.03. The predicted molar refractivity (Wildman–Crippen MR) is 51.1 cm³/mol. The minimum atomic E-state index is 0.734. The van der Waals surface area contributed by atoms with E-state index in [1.165, 1.54) is 6.42 Å². The van der Waals surface area contributed by atoms with E-state index in [-0.39, 0.29) is 0 Å². The zero-order valence-electron chi connectivity index (χ0n) is 8.34. The molecule has 0 bridgehead atoms. The summed E-state index contributed by atoms with van der Waals surface area (Å²) in [5, 5.41) is 0. The molecule has 0 aromatic rings. The average molecular weight is 173 g/mol. The summed E-state index contributed by atoms with van der Waals surface area (Å²) in [6, 6.07) is 0. The Morgan fingerprint density at radius 1 is 1.00 bits per heavy atom. The molecule has 0 saturated carbocycles. The van der Waals surface area contributed by atoms with E-state index < -0.39 is 0 Å². The van der Waals surface area contributed by atoms with E-state index in [1.807, 2.05) is 6.92 Å². The van der Waals surface area contributed by atoms with E-state index in [0.717, 1.165) is 39.3 Å². The van der Waals surface area contributed by atoms with Crippen molar-refractivity contribution in [2.45, 2.75) is 33.1 Å². The first-order valence-corrected chi connectivity index (χ1v) is 4.85. The van der Waals surface area contributed by atoms with Gasteiger partial charge in [-0.25, -0.2) is 0 Å². The van der Waals surface area contributed by atoms with Crippen LogP contribution in [0.15, 0.2) is 0 Å². The monoisotopic (exact) mass is 173 g/mol. The molecule has 0 rings (SSSR count). The number of rotatable bonds is 9. The Kier molecular flexibility index (Phi) is 10.8. The third-order valence-corrected chi connectivity index (χ3v) is 1.57. The maximum Gasteiger partial charge on any atom is 0.0700 e. The SMILES string of the molecule is C[CH]CCOCCOCCCC. The van der Waals surface area contributed by atoms with Gasteiger partial charge in [0, 0.05) is 13.2 Å². The Labute approximate surface area is 76.3 Å². The van der Waals surface area contributed by atoms with Crippen LogP contribution in [0.25, 0.3) is 0 Å². The van der Waals surface area contributed by atoms with E-state index in [0.29, 0.717) is 0 Å². The molecule has 1 radical (unpaired) electrons. The molecule has 73 valence electrons. The van der Waals surface area contributed by atoms with Crippen molar-refractivity contribution in [2.75, 3.05) is 26.4 Å². The van der Waals surface area contributed by atoms with Gasteiger partial charge in [0.05, 0.1) is 13.2 Å². The Morgan fingerprint density at radius 3 is 2.25 bits per heavy atom. The molecule has 0 aliphatic rings. The molecule has 0 atom stereocenters. The Hall–Kier alpha value is -0.0800. The van der Waals surface area contributed by atoms with Crippen molar-refractivity contribution < 1.29 is 9.47 Å². The molecule has 0 unspecified atom stereocenters. The highest BCUT2D eigenvalue weighted by Gasteiger charge is 1.88. The molecule has 0 aromatic carbocycles. The van der Waals surface area contributed by atoms with Crippen LogP contribution in [0.5, 0.6) is 0 Å². The van der Waals surface area contributed by atoms with E-state index in [2.05, 4.69) is 13.3 Å². The Morgan fingerprint density at radius 2 is 1.67 bits per heavy atom. The summed E-state index contributed by atoms with van der Waals surface area (Å²) in [4.78, 5) is 0. The normalized spacial score (nSPS) is 10.5. The zero-order valence-corrected chi connectivity index (χ0v) is 8.34. The molecule has 0 N–H and O–H groups in total. The van der Waals surface area contributed by atoms with Crippen molar-refractivity contribution >= 4 is 0 Å². The van der Waals surface area contributed by atoms with E-state index in [1.54, 1.807) is 0 Å². The van der Waals surface area contributed by atoms with Gasteiger partial charge in [0.25, 0.3) is 0 Å². The lowest BCUT2D eigenvalue weighted by Crippen LogP contribution is -2.05. The third-order valence-electron chi connectivity index (χ3n) is 1.57. The van der Waals surface area contributed by atoms with Crippen LogP contribution in [0.1, 0.15) is 33.1 Å². The number of ether oxygens (including phenoxy) is 2. The molecular formula is C10H21O2. The van der Waals surface area contributed by atoms with Crippen molar-refractivity contribution in [1.82, 2.24) is 0 Å². The van der Waals surface area contributed by atoms with Gasteiger partial charge in [0.1, 0.15) is 0 Å².